The first-order valence-electron chi connectivity index (χ1n) is 10.2. The van der Waals surface area contributed by atoms with E-state index in [1.165, 1.54) is 0 Å². The van der Waals surface area contributed by atoms with Gasteiger partial charge in [0.1, 0.15) is 5.75 Å². The molecule has 2 N–H and O–H groups in total. The van der Waals surface area contributed by atoms with Crippen LogP contribution in [0.5, 0.6) is 5.75 Å². The van der Waals surface area contributed by atoms with Gasteiger partial charge in [-0.1, -0.05) is 42.5 Å². The fourth-order valence-electron chi connectivity index (χ4n) is 2.90. The predicted molar refractivity (Wildman–Crippen MR) is 121 cm³/mol. The molecule has 7 nitrogen and oxygen atoms in total. The van der Waals surface area contributed by atoms with Crippen LogP contribution in [0.1, 0.15) is 33.2 Å². The molecule has 0 saturated heterocycles. The second-order valence-corrected chi connectivity index (χ2v) is 6.80. The Kier molecular flexibility index (Phi) is 7.97. The van der Waals surface area contributed by atoms with E-state index in [0.29, 0.717) is 35.7 Å². The van der Waals surface area contributed by atoms with Crippen LogP contribution < -0.4 is 15.4 Å². The Morgan fingerprint density at radius 1 is 0.844 bits per heavy atom. The van der Waals surface area contributed by atoms with Crippen LogP contribution in [-0.2, 0) is 16.1 Å². The minimum Gasteiger partial charge on any atom is -0.483 e. The van der Waals surface area contributed by atoms with Gasteiger partial charge in [0.15, 0.2) is 6.61 Å². The van der Waals surface area contributed by atoms with Gasteiger partial charge in [0.05, 0.1) is 17.7 Å². The second-order valence-electron chi connectivity index (χ2n) is 6.80. The lowest BCUT2D eigenvalue weighted by molar-refractivity contribution is -0.118. The van der Waals surface area contributed by atoms with Crippen LogP contribution >= 0.6 is 0 Å². The molecule has 3 aromatic carbocycles. The van der Waals surface area contributed by atoms with E-state index in [1.807, 2.05) is 30.3 Å². The van der Waals surface area contributed by atoms with Crippen molar-refractivity contribution in [1.82, 2.24) is 5.32 Å². The highest BCUT2D eigenvalue weighted by atomic mass is 16.5. The Balaban J connectivity index is 1.54. The largest absolute Gasteiger partial charge is 0.483 e. The Morgan fingerprint density at radius 3 is 2.25 bits per heavy atom. The molecule has 0 bridgehead atoms. The molecular weight excluding hydrogens is 408 g/mol. The molecule has 0 atom stereocenters. The summed E-state index contributed by atoms with van der Waals surface area (Å²) in [5, 5.41) is 5.54. The summed E-state index contributed by atoms with van der Waals surface area (Å²) in [6.45, 7) is 2.14. The summed E-state index contributed by atoms with van der Waals surface area (Å²) in [7, 11) is 0. The first kappa shape index (κ1) is 22.6. The molecule has 0 unspecified atom stereocenters. The Labute approximate surface area is 186 Å². The number of hydrogen-bond donors (Lipinski definition) is 2. The average Bonchev–Trinajstić information content (AvgIpc) is 2.82. The van der Waals surface area contributed by atoms with Crippen LogP contribution in [0.3, 0.4) is 0 Å². The van der Waals surface area contributed by atoms with E-state index in [2.05, 4.69) is 10.6 Å². The van der Waals surface area contributed by atoms with Crippen LogP contribution in [-0.4, -0.2) is 31.0 Å². The minimum absolute atomic E-state index is 0.275. The predicted octanol–water partition coefficient (Wildman–Crippen LogP) is 3.81. The van der Waals surface area contributed by atoms with Crippen LogP contribution in [0.15, 0.2) is 78.9 Å². The van der Waals surface area contributed by atoms with Gasteiger partial charge >= 0.3 is 5.97 Å². The third-order valence-electron chi connectivity index (χ3n) is 4.47. The fourth-order valence-corrected chi connectivity index (χ4v) is 2.90. The summed E-state index contributed by atoms with van der Waals surface area (Å²) in [6.07, 6.45) is 0. The number of esters is 1. The number of amides is 2. The number of nitrogens with one attached hydrogen (secondary N) is 2. The van der Waals surface area contributed by atoms with Gasteiger partial charge in [-0.3, -0.25) is 9.59 Å². The fraction of sp³-hybridized carbons (Fsp3) is 0.160. The average molecular weight is 432 g/mol. The van der Waals surface area contributed by atoms with E-state index in [-0.39, 0.29) is 12.5 Å². The van der Waals surface area contributed by atoms with Crippen molar-refractivity contribution in [2.45, 2.75) is 13.5 Å². The summed E-state index contributed by atoms with van der Waals surface area (Å²) in [4.78, 5) is 36.5. The van der Waals surface area contributed by atoms with Gasteiger partial charge in [-0.05, 0) is 48.9 Å². The smallest absolute Gasteiger partial charge is 0.338 e. The number of benzene rings is 3. The van der Waals surface area contributed by atoms with Crippen molar-refractivity contribution in [3.8, 4) is 5.75 Å². The molecule has 164 valence electrons. The van der Waals surface area contributed by atoms with Crippen molar-refractivity contribution in [1.29, 1.82) is 0 Å². The van der Waals surface area contributed by atoms with Crippen LogP contribution in [0.25, 0.3) is 0 Å². The summed E-state index contributed by atoms with van der Waals surface area (Å²) >= 11 is 0. The molecule has 2 amide bonds. The summed E-state index contributed by atoms with van der Waals surface area (Å²) in [5.74, 6) is -0.797. The Hall–Kier alpha value is -4.13. The van der Waals surface area contributed by atoms with Gasteiger partial charge in [0, 0.05) is 12.2 Å². The lowest BCUT2D eigenvalue weighted by Gasteiger charge is -2.12. The topological polar surface area (TPSA) is 93.7 Å². The Morgan fingerprint density at radius 2 is 1.53 bits per heavy atom. The molecule has 0 radical (unpaired) electrons. The molecular formula is C25H24N2O5. The highest BCUT2D eigenvalue weighted by Gasteiger charge is 2.14. The van der Waals surface area contributed by atoms with Crippen LogP contribution in [0.4, 0.5) is 5.69 Å². The lowest BCUT2D eigenvalue weighted by Crippen LogP contribution is -2.25. The summed E-state index contributed by atoms with van der Waals surface area (Å²) in [6, 6.07) is 22.7. The maximum absolute atomic E-state index is 12.6. The lowest BCUT2D eigenvalue weighted by atomic mass is 10.1. The molecule has 3 rings (SSSR count). The molecule has 0 spiro atoms. The zero-order chi connectivity index (χ0) is 22.8. The van der Waals surface area contributed by atoms with Crippen LogP contribution in [0, 0.1) is 0 Å². The van der Waals surface area contributed by atoms with Crippen molar-refractivity contribution in [3.63, 3.8) is 0 Å². The van der Waals surface area contributed by atoms with E-state index in [9.17, 15) is 14.4 Å². The van der Waals surface area contributed by atoms with E-state index < -0.39 is 11.9 Å². The van der Waals surface area contributed by atoms with Gasteiger partial charge in [-0.25, -0.2) is 4.79 Å². The SMILES string of the molecule is CCOC(=O)c1ccc(NC(=O)COc2ccccc2C(=O)NCc2ccccc2)cc1. The summed E-state index contributed by atoms with van der Waals surface area (Å²) < 4.78 is 10.5. The standard InChI is InChI=1S/C25H24N2O5/c1-2-31-25(30)19-12-14-20(15-13-19)27-23(28)17-32-22-11-7-6-10-21(22)24(29)26-16-18-8-4-3-5-9-18/h3-15H,2,16-17H2,1H3,(H,26,29)(H,27,28). The highest BCUT2D eigenvalue weighted by molar-refractivity contribution is 5.97. The van der Waals surface area contributed by atoms with E-state index in [1.54, 1.807) is 55.5 Å². The van der Waals surface area contributed by atoms with E-state index in [0.717, 1.165) is 5.56 Å². The zero-order valence-electron chi connectivity index (χ0n) is 17.7. The van der Waals surface area contributed by atoms with Crippen LogP contribution in [0.2, 0.25) is 0 Å². The molecule has 0 fully saturated rings. The van der Waals surface area contributed by atoms with Gasteiger partial charge in [0.2, 0.25) is 0 Å². The van der Waals surface area contributed by atoms with E-state index in [4.69, 9.17) is 9.47 Å². The molecule has 0 saturated carbocycles. The molecule has 7 heteroatoms. The number of rotatable bonds is 9. The normalized spacial score (nSPS) is 10.2. The quantitative estimate of drug-likeness (QED) is 0.502. The second kappa shape index (κ2) is 11.3. The molecule has 0 aliphatic carbocycles. The number of hydrogen-bond acceptors (Lipinski definition) is 5. The first-order valence-corrected chi connectivity index (χ1v) is 10.2. The minimum atomic E-state index is -0.421. The number of para-hydroxylation sites is 1. The van der Waals surface area contributed by atoms with Crippen molar-refractivity contribution < 1.29 is 23.9 Å². The highest BCUT2D eigenvalue weighted by Crippen LogP contribution is 2.18. The molecule has 0 aromatic heterocycles. The monoisotopic (exact) mass is 432 g/mol. The van der Waals surface area contributed by atoms with Gasteiger partial charge in [-0.2, -0.15) is 0 Å². The number of carbonyl (C=O) groups excluding carboxylic acids is 3. The maximum Gasteiger partial charge on any atom is 0.338 e. The van der Waals surface area contributed by atoms with Crippen molar-refractivity contribution in [2.24, 2.45) is 0 Å². The summed E-state index contributed by atoms with van der Waals surface area (Å²) in [5.41, 5.74) is 2.24. The molecule has 0 aliphatic rings. The molecule has 3 aromatic rings. The van der Waals surface area contributed by atoms with Gasteiger partial charge in [-0.15, -0.1) is 0 Å². The van der Waals surface area contributed by atoms with Crippen molar-refractivity contribution in [2.75, 3.05) is 18.5 Å². The van der Waals surface area contributed by atoms with Crippen molar-refractivity contribution in [3.05, 3.63) is 95.6 Å². The molecule has 0 aliphatic heterocycles. The third-order valence-corrected chi connectivity index (χ3v) is 4.47. The van der Waals surface area contributed by atoms with Gasteiger partial charge < -0.3 is 20.1 Å². The molecule has 0 heterocycles. The Bertz CT molecular complexity index is 1070. The number of anilines is 1. The molecule has 32 heavy (non-hydrogen) atoms. The third kappa shape index (κ3) is 6.43. The zero-order valence-corrected chi connectivity index (χ0v) is 17.7. The maximum atomic E-state index is 12.6. The number of carbonyl (C=O) groups is 3. The van der Waals surface area contributed by atoms with Gasteiger partial charge in [0.25, 0.3) is 11.8 Å². The first-order chi connectivity index (χ1) is 15.6. The van der Waals surface area contributed by atoms with E-state index >= 15 is 0 Å². The number of ether oxygens (including phenoxy) is 2. The van der Waals surface area contributed by atoms with Crippen molar-refractivity contribution >= 4 is 23.5 Å².